The Balaban J connectivity index is 1.85. The van der Waals surface area contributed by atoms with Gasteiger partial charge < -0.3 is 5.32 Å². The summed E-state index contributed by atoms with van der Waals surface area (Å²) in [6.45, 7) is 3.11. The fourth-order valence-electron chi connectivity index (χ4n) is 3.38. The predicted molar refractivity (Wildman–Crippen MR) is 79.3 cm³/mol. The van der Waals surface area contributed by atoms with E-state index in [-0.39, 0.29) is 0 Å². The normalized spacial score (nSPS) is 23.3. The van der Waals surface area contributed by atoms with Crippen molar-refractivity contribution in [3.05, 3.63) is 30.0 Å². The van der Waals surface area contributed by atoms with Crippen molar-refractivity contribution in [1.82, 2.24) is 15.1 Å². The highest BCUT2D eigenvalue weighted by Gasteiger charge is 2.25. The van der Waals surface area contributed by atoms with Gasteiger partial charge in [-0.25, -0.2) is 0 Å². The summed E-state index contributed by atoms with van der Waals surface area (Å²) in [6, 6.07) is 9.34. The second kappa shape index (κ2) is 5.33. The van der Waals surface area contributed by atoms with E-state index in [4.69, 9.17) is 5.10 Å². The summed E-state index contributed by atoms with van der Waals surface area (Å²) < 4.78 is 2.13. The van der Waals surface area contributed by atoms with Gasteiger partial charge in [-0.2, -0.15) is 5.10 Å². The lowest BCUT2D eigenvalue weighted by atomic mass is 9.99. The molecule has 3 rings (SSSR count). The average Bonchev–Trinajstić information content (AvgIpc) is 3.04. The molecule has 1 aliphatic rings. The van der Waals surface area contributed by atoms with Gasteiger partial charge in [-0.3, -0.25) is 4.68 Å². The van der Waals surface area contributed by atoms with E-state index in [0.717, 1.165) is 18.9 Å². The number of aryl methyl sites for hydroxylation is 1. The van der Waals surface area contributed by atoms with Crippen molar-refractivity contribution in [2.24, 2.45) is 5.92 Å². The number of hydrogen-bond donors (Lipinski definition) is 1. The summed E-state index contributed by atoms with van der Waals surface area (Å²) >= 11 is 0. The van der Waals surface area contributed by atoms with Gasteiger partial charge in [0.2, 0.25) is 0 Å². The van der Waals surface area contributed by atoms with Crippen LogP contribution in [0.15, 0.2) is 24.3 Å². The smallest absolute Gasteiger partial charge is 0.0706 e. The van der Waals surface area contributed by atoms with Gasteiger partial charge in [-0.15, -0.1) is 0 Å². The number of nitrogens with zero attached hydrogens (tertiary/aromatic N) is 2. The predicted octanol–water partition coefficient (Wildman–Crippen LogP) is 2.99. The van der Waals surface area contributed by atoms with Crippen LogP contribution in [-0.4, -0.2) is 22.9 Å². The molecule has 0 bridgehead atoms. The fraction of sp³-hybridized carbons (Fsp3) is 0.562. The maximum atomic E-state index is 4.82. The van der Waals surface area contributed by atoms with Gasteiger partial charge >= 0.3 is 0 Å². The highest BCUT2D eigenvalue weighted by Crippen LogP contribution is 2.30. The number of aromatic nitrogens is 2. The molecule has 1 N–H and O–H groups in total. The molecule has 0 saturated heterocycles. The largest absolute Gasteiger partial charge is 0.317 e. The van der Waals surface area contributed by atoms with Crippen LogP contribution < -0.4 is 5.32 Å². The minimum Gasteiger partial charge on any atom is -0.317 e. The Morgan fingerprint density at radius 1 is 1.32 bits per heavy atom. The molecule has 0 amide bonds. The summed E-state index contributed by atoms with van der Waals surface area (Å²) in [6.07, 6.45) is 5.07. The van der Waals surface area contributed by atoms with Gasteiger partial charge in [-0.05, 0) is 51.6 Å². The minimum absolute atomic E-state index is 0.713. The summed E-state index contributed by atoms with van der Waals surface area (Å²) in [5.74, 6) is 0.793. The summed E-state index contributed by atoms with van der Waals surface area (Å²) in [5.41, 5.74) is 2.57. The first-order valence-electron chi connectivity index (χ1n) is 7.43. The van der Waals surface area contributed by atoms with Crippen molar-refractivity contribution >= 4 is 10.9 Å². The molecule has 2 aromatic rings. The van der Waals surface area contributed by atoms with Gasteiger partial charge in [0.25, 0.3) is 0 Å². The molecule has 19 heavy (non-hydrogen) atoms. The first-order chi connectivity index (χ1) is 9.31. The molecule has 3 nitrogen and oxygen atoms in total. The molecule has 3 heteroatoms. The van der Waals surface area contributed by atoms with Crippen molar-refractivity contribution in [2.45, 2.75) is 45.2 Å². The second-order valence-corrected chi connectivity index (χ2v) is 5.65. The van der Waals surface area contributed by atoms with E-state index in [9.17, 15) is 0 Å². The molecule has 1 saturated carbocycles. The van der Waals surface area contributed by atoms with Crippen LogP contribution in [0.3, 0.4) is 0 Å². The summed E-state index contributed by atoms with van der Waals surface area (Å²) in [7, 11) is 2.08. The fourth-order valence-corrected chi connectivity index (χ4v) is 3.38. The lowest BCUT2D eigenvalue weighted by Gasteiger charge is -2.09. The van der Waals surface area contributed by atoms with Crippen LogP contribution in [0.4, 0.5) is 0 Å². The number of benzene rings is 1. The van der Waals surface area contributed by atoms with Gasteiger partial charge in [-0.1, -0.05) is 18.2 Å². The average molecular weight is 257 g/mol. The third-order valence-electron chi connectivity index (χ3n) is 4.47. The molecule has 0 radical (unpaired) electrons. The second-order valence-electron chi connectivity index (χ2n) is 5.65. The zero-order valence-electron chi connectivity index (χ0n) is 11.9. The monoisotopic (exact) mass is 257 g/mol. The number of para-hydroxylation sites is 1. The van der Waals surface area contributed by atoms with E-state index in [0.29, 0.717) is 6.04 Å². The Bertz CT molecular complexity index is 558. The molecule has 1 aliphatic carbocycles. The molecule has 1 heterocycles. The van der Waals surface area contributed by atoms with E-state index >= 15 is 0 Å². The third kappa shape index (κ3) is 2.39. The maximum absolute atomic E-state index is 4.82. The van der Waals surface area contributed by atoms with Gasteiger partial charge in [0.1, 0.15) is 0 Å². The van der Waals surface area contributed by atoms with Crippen LogP contribution in [0.25, 0.3) is 10.9 Å². The number of nitrogens with one attached hydrogen (secondary N) is 1. The van der Waals surface area contributed by atoms with E-state index in [2.05, 4.69) is 48.2 Å². The molecule has 2 atom stereocenters. The van der Waals surface area contributed by atoms with E-state index in [1.165, 1.54) is 35.9 Å². The molecule has 102 valence electrons. The molecule has 2 unspecified atom stereocenters. The lowest BCUT2D eigenvalue weighted by molar-refractivity contribution is 0.502. The van der Waals surface area contributed by atoms with Crippen molar-refractivity contribution < 1.29 is 0 Å². The Labute approximate surface area is 115 Å². The molecular formula is C16H23N3. The molecular weight excluding hydrogens is 234 g/mol. The standard InChI is InChI=1S/C16H23N3/c1-3-19-16-7-5-4-6-14(16)15(18-19)11-12-8-9-13(10-12)17-2/h4-7,12-13,17H,3,8-11H2,1-2H3. The number of fused-ring (bicyclic) bond motifs is 1. The molecule has 0 spiro atoms. The summed E-state index contributed by atoms with van der Waals surface area (Å²) in [4.78, 5) is 0. The zero-order valence-corrected chi connectivity index (χ0v) is 11.9. The molecule has 0 aliphatic heterocycles. The highest BCUT2D eigenvalue weighted by atomic mass is 15.3. The summed E-state index contributed by atoms with van der Waals surface area (Å²) in [5, 5.41) is 9.57. The molecule has 1 fully saturated rings. The van der Waals surface area contributed by atoms with E-state index in [1.807, 2.05) is 0 Å². The number of rotatable bonds is 4. The topological polar surface area (TPSA) is 29.9 Å². The van der Waals surface area contributed by atoms with Crippen molar-refractivity contribution in [3.8, 4) is 0 Å². The van der Waals surface area contributed by atoms with Crippen molar-refractivity contribution in [3.63, 3.8) is 0 Å². The third-order valence-corrected chi connectivity index (χ3v) is 4.47. The van der Waals surface area contributed by atoms with Crippen LogP contribution in [0.1, 0.15) is 31.9 Å². The Morgan fingerprint density at radius 2 is 2.16 bits per heavy atom. The van der Waals surface area contributed by atoms with Gasteiger partial charge in [0.15, 0.2) is 0 Å². The quantitative estimate of drug-likeness (QED) is 0.912. The highest BCUT2D eigenvalue weighted by molar-refractivity contribution is 5.81. The van der Waals surface area contributed by atoms with Crippen LogP contribution >= 0.6 is 0 Å². The van der Waals surface area contributed by atoms with Crippen molar-refractivity contribution in [2.75, 3.05) is 7.05 Å². The Hall–Kier alpha value is -1.35. The minimum atomic E-state index is 0.713. The number of hydrogen-bond acceptors (Lipinski definition) is 2. The van der Waals surface area contributed by atoms with Crippen LogP contribution in [0, 0.1) is 5.92 Å². The van der Waals surface area contributed by atoms with E-state index in [1.54, 1.807) is 0 Å². The Morgan fingerprint density at radius 3 is 2.89 bits per heavy atom. The van der Waals surface area contributed by atoms with Gasteiger partial charge in [0, 0.05) is 18.0 Å². The lowest BCUT2D eigenvalue weighted by Crippen LogP contribution is -2.21. The molecule has 1 aromatic carbocycles. The molecule has 1 aromatic heterocycles. The van der Waals surface area contributed by atoms with Crippen LogP contribution in [0.2, 0.25) is 0 Å². The van der Waals surface area contributed by atoms with Gasteiger partial charge in [0.05, 0.1) is 11.2 Å². The Kier molecular flexibility index (Phi) is 3.56. The first kappa shape index (κ1) is 12.7. The van der Waals surface area contributed by atoms with E-state index < -0.39 is 0 Å². The maximum Gasteiger partial charge on any atom is 0.0706 e. The van der Waals surface area contributed by atoms with Crippen molar-refractivity contribution in [1.29, 1.82) is 0 Å². The zero-order chi connectivity index (χ0) is 13.2. The van der Waals surface area contributed by atoms with Crippen LogP contribution in [0.5, 0.6) is 0 Å². The first-order valence-corrected chi connectivity index (χ1v) is 7.43. The van der Waals surface area contributed by atoms with Crippen LogP contribution in [-0.2, 0) is 13.0 Å². The SMILES string of the molecule is CCn1nc(CC2CCC(NC)C2)c2ccccc21.